The van der Waals surface area contributed by atoms with Gasteiger partial charge in [0, 0.05) is 61.6 Å². The first-order valence-corrected chi connectivity index (χ1v) is 22.7. The average Bonchev–Trinajstić information content (AvgIpc) is 3.91. The van der Waals surface area contributed by atoms with Gasteiger partial charge in [0.05, 0.1) is 16.0 Å². The lowest BCUT2D eigenvalue weighted by molar-refractivity contribution is -0.384. The number of amides is 1. The zero-order valence-electron chi connectivity index (χ0n) is 35.3. The lowest BCUT2D eigenvalue weighted by atomic mass is 9.60. The highest BCUT2D eigenvalue weighted by Crippen LogP contribution is 2.54. The van der Waals surface area contributed by atoms with E-state index < -0.39 is 31.4 Å². The predicted octanol–water partition coefficient (Wildman–Crippen LogP) is 7.85. The van der Waals surface area contributed by atoms with E-state index in [0.717, 1.165) is 56.9 Å². The van der Waals surface area contributed by atoms with Crippen LogP contribution in [0.1, 0.15) is 92.2 Å². The number of nitro benzene ring substituents is 1. The minimum atomic E-state index is -4.56. The number of nitrogens with one attached hydrogen (secondary N) is 3. The molecule has 15 nitrogen and oxygen atoms in total. The summed E-state index contributed by atoms with van der Waals surface area (Å²) in [7, 11) is -0.697. The van der Waals surface area contributed by atoms with E-state index in [1.807, 2.05) is 25.1 Å². The molecule has 1 saturated carbocycles. The molecule has 0 bridgehead atoms. The van der Waals surface area contributed by atoms with Crippen LogP contribution in [0.15, 0.2) is 84.1 Å². The molecule has 1 amide bonds. The van der Waals surface area contributed by atoms with Crippen molar-refractivity contribution in [1.82, 2.24) is 29.5 Å². The van der Waals surface area contributed by atoms with Crippen molar-refractivity contribution >= 4 is 44.2 Å². The summed E-state index contributed by atoms with van der Waals surface area (Å²) in [5, 5.41) is 15.8. The van der Waals surface area contributed by atoms with Crippen molar-refractivity contribution in [2.75, 3.05) is 57.0 Å². The number of likely N-dealkylation sites (tertiary alicyclic amines) is 1. The van der Waals surface area contributed by atoms with Crippen LogP contribution in [0.4, 0.5) is 17.2 Å². The van der Waals surface area contributed by atoms with E-state index in [9.17, 15) is 23.3 Å². The number of pyridine rings is 2. The van der Waals surface area contributed by atoms with Crippen LogP contribution < -0.4 is 19.7 Å². The van der Waals surface area contributed by atoms with Crippen LogP contribution in [0.3, 0.4) is 0 Å². The number of hydrogen-bond donors (Lipinski definition) is 3. The van der Waals surface area contributed by atoms with Gasteiger partial charge in [0.1, 0.15) is 34.2 Å². The molecule has 0 radical (unpaired) electrons. The van der Waals surface area contributed by atoms with Gasteiger partial charge in [0.2, 0.25) is 0 Å². The Morgan fingerprint density at radius 3 is 2.59 bits per heavy atom. The number of ether oxygens (including phenoxy) is 1. The van der Waals surface area contributed by atoms with Crippen LogP contribution in [0.2, 0.25) is 0 Å². The Bertz CT molecular complexity index is 2510. The second-order valence-electron chi connectivity index (χ2n) is 17.4. The first kappa shape index (κ1) is 42.1. The maximum Gasteiger partial charge on any atom is 0.293 e. The normalized spacial score (nSPS) is 18.2. The topological polar surface area (TPSA) is 179 Å². The van der Waals surface area contributed by atoms with Crippen LogP contribution in [0, 0.1) is 15.5 Å². The molecule has 16 heteroatoms. The summed E-state index contributed by atoms with van der Waals surface area (Å²) in [6, 6.07) is 18.8. The summed E-state index contributed by atoms with van der Waals surface area (Å²) in [6.07, 6.45) is 12.2. The summed E-state index contributed by atoms with van der Waals surface area (Å²) in [4.78, 5) is 43.9. The number of sulfonamides is 1. The highest BCUT2D eigenvalue weighted by atomic mass is 32.2. The molecule has 61 heavy (non-hydrogen) atoms. The number of H-pyrrole nitrogens is 1. The Morgan fingerprint density at radius 1 is 1.05 bits per heavy atom. The molecule has 3 N–H and O–H groups in total. The highest BCUT2D eigenvalue weighted by molar-refractivity contribution is 7.90. The summed E-state index contributed by atoms with van der Waals surface area (Å²) in [5.74, 6) is 0.562. The van der Waals surface area contributed by atoms with Crippen LogP contribution >= 0.6 is 0 Å². The van der Waals surface area contributed by atoms with Crippen molar-refractivity contribution in [2.24, 2.45) is 5.41 Å². The maximum atomic E-state index is 13.9. The van der Waals surface area contributed by atoms with Gasteiger partial charge in [-0.15, -0.1) is 0 Å². The van der Waals surface area contributed by atoms with Gasteiger partial charge < -0.3 is 24.8 Å². The Kier molecular flexibility index (Phi) is 12.0. The number of hydrogen-bond acceptors (Lipinski definition) is 12. The van der Waals surface area contributed by atoms with Crippen molar-refractivity contribution in [1.29, 1.82) is 0 Å². The molecule has 1 spiro atoms. The molecule has 2 saturated heterocycles. The van der Waals surface area contributed by atoms with Crippen molar-refractivity contribution in [3.63, 3.8) is 0 Å². The quantitative estimate of drug-likeness (QED) is 0.0529. The van der Waals surface area contributed by atoms with Crippen molar-refractivity contribution in [3.8, 4) is 11.5 Å². The van der Waals surface area contributed by atoms with Crippen LogP contribution in [-0.2, 0) is 10.0 Å². The number of benzene rings is 2. The maximum absolute atomic E-state index is 13.9. The summed E-state index contributed by atoms with van der Waals surface area (Å²) in [5.41, 5.74) is 3.54. The Hall–Kier alpha value is -5.58. The first-order chi connectivity index (χ1) is 29.3. The molecule has 2 aromatic carbocycles. The van der Waals surface area contributed by atoms with Gasteiger partial charge >= 0.3 is 0 Å². The van der Waals surface area contributed by atoms with E-state index in [-0.39, 0.29) is 22.4 Å². The smallest absolute Gasteiger partial charge is 0.293 e. The second-order valence-corrected chi connectivity index (χ2v) is 19.1. The molecular formula is C45H55N9O6S. The Balaban J connectivity index is 0.976. The van der Waals surface area contributed by atoms with E-state index in [1.165, 1.54) is 61.3 Å². The number of anilines is 2. The number of carbonyl (C=O) groups excluding carboxylic acids is 1. The summed E-state index contributed by atoms with van der Waals surface area (Å²) < 4.78 is 35.6. The lowest BCUT2D eigenvalue weighted by Crippen LogP contribution is -2.55. The van der Waals surface area contributed by atoms with Crippen molar-refractivity contribution < 1.29 is 22.9 Å². The molecule has 8 rings (SSSR count). The Labute approximate surface area is 357 Å². The molecule has 1 aliphatic carbocycles. The van der Waals surface area contributed by atoms with Crippen molar-refractivity contribution in [2.45, 2.75) is 81.7 Å². The summed E-state index contributed by atoms with van der Waals surface area (Å²) in [6.45, 7) is 8.50. The van der Waals surface area contributed by atoms with Crippen molar-refractivity contribution in [3.05, 3.63) is 106 Å². The molecule has 3 aliphatic rings. The van der Waals surface area contributed by atoms with E-state index in [2.05, 4.69) is 72.9 Å². The van der Waals surface area contributed by atoms with Gasteiger partial charge in [-0.1, -0.05) is 38.1 Å². The molecule has 1 unspecified atom stereocenters. The number of carbonyl (C=O) groups is 1. The molecule has 5 heterocycles. The van der Waals surface area contributed by atoms with E-state index in [4.69, 9.17) is 4.74 Å². The van der Waals surface area contributed by atoms with Crippen LogP contribution in [0.25, 0.3) is 11.0 Å². The third-order valence-electron chi connectivity index (χ3n) is 12.7. The van der Waals surface area contributed by atoms with Gasteiger partial charge in [0.15, 0.2) is 0 Å². The number of nitrogens with zero attached hydrogens (tertiary/aromatic N) is 6. The summed E-state index contributed by atoms with van der Waals surface area (Å²) >= 11 is 0. The molecule has 322 valence electrons. The van der Waals surface area contributed by atoms with Gasteiger partial charge in [-0.3, -0.25) is 19.8 Å². The standard InChI is InChI=1S/C45H55N9O6S/c1-30(2)35-9-5-6-10-36(35)39-11-7-20-53(39)32-26-45(27-32)15-21-52(22-16-45)42-25-41(60-33-23-31-14-18-47-43(31)49-28-33)37(29-48-42)44(55)50-61(58,59)34-12-13-38(40(24-34)54(56)57)46-17-8-19-51(3)4/h5-6,9-10,12-14,18,23-25,28-30,32,39,46H,7-8,11,15-17,19-22,26-27H2,1-4H3,(H,47,49)(H,50,55). The fraction of sp³-hybridized carbons (Fsp3) is 0.444. The number of fused-ring (bicyclic) bond motifs is 1. The molecule has 3 aromatic heterocycles. The van der Waals surface area contributed by atoms with Gasteiger partial charge in [-0.05, 0) is 119 Å². The van der Waals surface area contributed by atoms with E-state index >= 15 is 0 Å². The number of nitro groups is 1. The lowest BCUT2D eigenvalue weighted by Gasteiger charge is -2.56. The number of rotatable bonds is 15. The minimum absolute atomic E-state index is 0.100. The molecule has 2 aliphatic heterocycles. The van der Waals surface area contributed by atoms with E-state index in [1.54, 1.807) is 18.3 Å². The Morgan fingerprint density at radius 2 is 1.84 bits per heavy atom. The highest BCUT2D eigenvalue weighted by Gasteiger charge is 2.50. The van der Waals surface area contributed by atoms with E-state index in [0.29, 0.717) is 41.8 Å². The predicted molar refractivity (Wildman–Crippen MR) is 236 cm³/mol. The SMILES string of the molecule is CC(C)c1ccccc1C1CCCN1C1CC2(CCN(c3cc(Oc4cnc5[nH]ccc5c4)c(C(=O)NS(=O)(=O)c4ccc(NCCCN(C)C)c([N+](=O)[O-])c4)cn3)CC2)C1. The minimum Gasteiger partial charge on any atom is -0.455 e. The number of aromatic nitrogens is 3. The van der Waals surface area contributed by atoms with Gasteiger partial charge in [-0.2, -0.15) is 0 Å². The third kappa shape index (κ3) is 9.07. The second kappa shape index (κ2) is 17.4. The average molecular weight is 850 g/mol. The monoisotopic (exact) mass is 849 g/mol. The van der Waals surface area contributed by atoms with Crippen LogP contribution in [-0.4, -0.2) is 96.9 Å². The zero-order chi connectivity index (χ0) is 42.9. The fourth-order valence-corrected chi connectivity index (χ4v) is 10.5. The zero-order valence-corrected chi connectivity index (χ0v) is 36.1. The largest absolute Gasteiger partial charge is 0.455 e. The molecular weight excluding hydrogens is 795 g/mol. The van der Waals surface area contributed by atoms with Gasteiger partial charge in [-0.25, -0.2) is 23.1 Å². The first-order valence-electron chi connectivity index (χ1n) is 21.2. The number of aromatic amines is 1. The fourth-order valence-electron chi connectivity index (χ4n) is 9.48. The third-order valence-corrected chi connectivity index (χ3v) is 14.1. The van der Waals surface area contributed by atoms with Crippen LogP contribution in [0.5, 0.6) is 11.5 Å². The molecule has 3 fully saturated rings. The van der Waals surface area contributed by atoms with Gasteiger partial charge in [0.25, 0.3) is 21.6 Å². The number of piperidine rings is 1. The molecule has 5 aromatic rings. The molecule has 1 atom stereocenters.